The van der Waals surface area contributed by atoms with Gasteiger partial charge in [0.1, 0.15) is 11.5 Å². The van der Waals surface area contributed by atoms with E-state index in [2.05, 4.69) is 5.32 Å². The average Bonchev–Trinajstić information content (AvgIpc) is 2.80. The first-order chi connectivity index (χ1) is 15.1. The van der Waals surface area contributed by atoms with E-state index in [1.54, 1.807) is 30.3 Å². The van der Waals surface area contributed by atoms with Gasteiger partial charge in [0.05, 0.1) is 11.3 Å². The molecule has 0 saturated carbocycles. The quantitative estimate of drug-likeness (QED) is 0.404. The Balaban J connectivity index is 1.56. The predicted molar refractivity (Wildman–Crippen MR) is 120 cm³/mol. The SMILES string of the molecule is O=C(Nc1cc(Oc2ccccc2)ccc1C(=O)O)c1ccc(-c2ccccc2)cc1. The normalized spacial score (nSPS) is 10.3. The molecule has 5 nitrogen and oxygen atoms in total. The number of carboxylic acids is 1. The lowest BCUT2D eigenvalue weighted by molar-refractivity contribution is 0.0698. The van der Waals surface area contributed by atoms with E-state index in [-0.39, 0.29) is 11.3 Å². The van der Waals surface area contributed by atoms with Crippen LogP contribution in [0.15, 0.2) is 103 Å². The lowest BCUT2D eigenvalue weighted by Gasteiger charge is -2.12. The maximum Gasteiger partial charge on any atom is 0.337 e. The van der Waals surface area contributed by atoms with Gasteiger partial charge in [0.2, 0.25) is 0 Å². The molecule has 1 amide bonds. The Morgan fingerprint density at radius 1 is 0.677 bits per heavy atom. The summed E-state index contributed by atoms with van der Waals surface area (Å²) in [5, 5.41) is 12.2. The molecular formula is C26H19NO4. The number of nitrogens with one attached hydrogen (secondary N) is 1. The van der Waals surface area contributed by atoms with E-state index in [0.29, 0.717) is 17.1 Å². The van der Waals surface area contributed by atoms with E-state index >= 15 is 0 Å². The molecule has 0 aliphatic carbocycles. The number of aromatic carboxylic acids is 1. The van der Waals surface area contributed by atoms with Crippen LogP contribution in [0.2, 0.25) is 0 Å². The fourth-order valence-corrected chi connectivity index (χ4v) is 3.14. The highest BCUT2D eigenvalue weighted by Crippen LogP contribution is 2.28. The van der Waals surface area contributed by atoms with Crippen LogP contribution < -0.4 is 10.1 Å². The number of carboxylic acid groups (broad SMARTS) is 1. The minimum Gasteiger partial charge on any atom is -0.478 e. The van der Waals surface area contributed by atoms with Crippen LogP contribution in [-0.4, -0.2) is 17.0 Å². The molecular weight excluding hydrogens is 390 g/mol. The highest BCUT2D eigenvalue weighted by molar-refractivity contribution is 6.08. The Bertz CT molecular complexity index is 1200. The van der Waals surface area contributed by atoms with Crippen LogP contribution in [0, 0.1) is 0 Å². The molecule has 31 heavy (non-hydrogen) atoms. The Morgan fingerprint density at radius 2 is 1.29 bits per heavy atom. The number of carbonyl (C=O) groups excluding carboxylic acids is 1. The summed E-state index contributed by atoms with van der Waals surface area (Å²) in [4.78, 5) is 24.4. The second kappa shape index (κ2) is 8.97. The molecule has 5 heteroatoms. The van der Waals surface area contributed by atoms with E-state index in [1.807, 2.05) is 60.7 Å². The van der Waals surface area contributed by atoms with Gasteiger partial charge in [0.15, 0.2) is 0 Å². The van der Waals surface area contributed by atoms with Gasteiger partial charge >= 0.3 is 5.97 Å². The van der Waals surface area contributed by atoms with Gasteiger partial charge in [-0.15, -0.1) is 0 Å². The zero-order chi connectivity index (χ0) is 21.6. The first-order valence-corrected chi connectivity index (χ1v) is 9.67. The summed E-state index contributed by atoms with van der Waals surface area (Å²) in [7, 11) is 0. The molecule has 0 radical (unpaired) electrons. The molecule has 4 aromatic carbocycles. The van der Waals surface area contributed by atoms with Gasteiger partial charge in [-0.2, -0.15) is 0 Å². The summed E-state index contributed by atoms with van der Waals surface area (Å²) in [6, 6.07) is 30.6. The van der Waals surface area contributed by atoms with E-state index in [4.69, 9.17) is 4.74 Å². The molecule has 152 valence electrons. The van der Waals surface area contributed by atoms with E-state index in [1.165, 1.54) is 12.1 Å². The van der Waals surface area contributed by atoms with Crippen LogP contribution in [0.4, 0.5) is 5.69 Å². The Labute approximate surface area is 179 Å². The molecule has 0 heterocycles. The van der Waals surface area contributed by atoms with Crippen molar-refractivity contribution in [3.63, 3.8) is 0 Å². The number of ether oxygens (including phenoxy) is 1. The molecule has 0 saturated heterocycles. The van der Waals surface area contributed by atoms with Crippen molar-refractivity contribution in [3.8, 4) is 22.6 Å². The van der Waals surface area contributed by atoms with Gasteiger partial charge in [0.25, 0.3) is 5.91 Å². The number of amides is 1. The summed E-state index contributed by atoms with van der Waals surface area (Å²) < 4.78 is 5.76. The van der Waals surface area contributed by atoms with Crippen molar-refractivity contribution in [3.05, 3.63) is 114 Å². The third-order valence-corrected chi connectivity index (χ3v) is 4.70. The highest BCUT2D eigenvalue weighted by atomic mass is 16.5. The Kier molecular flexibility index (Phi) is 5.76. The van der Waals surface area contributed by atoms with Gasteiger partial charge < -0.3 is 15.2 Å². The van der Waals surface area contributed by atoms with Crippen molar-refractivity contribution in [2.24, 2.45) is 0 Å². The minimum absolute atomic E-state index is 0.0188. The topological polar surface area (TPSA) is 75.6 Å². The number of benzene rings is 4. The van der Waals surface area contributed by atoms with Gasteiger partial charge in [-0.1, -0.05) is 60.7 Å². The number of hydrogen-bond acceptors (Lipinski definition) is 3. The van der Waals surface area contributed by atoms with Crippen molar-refractivity contribution >= 4 is 17.6 Å². The summed E-state index contributed by atoms with van der Waals surface area (Å²) in [6.07, 6.45) is 0. The molecule has 0 bridgehead atoms. The maximum absolute atomic E-state index is 12.8. The van der Waals surface area contributed by atoms with Crippen LogP contribution >= 0.6 is 0 Å². The van der Waals surface area contributed by atoms with E-state index in [0.717, 1.165) is 11.1 Å². The average molecular weight is 409 g/mol. The van der Waals surface area contributed by atoms with Gasteiger partial charge in [0, 0.05) is 11.6 Å². The molecule has 0 atom stereocenters. The first kappa shape index (κ1) is 19.9. The number of carbonyl (C=O) groups is 2. The van der Waals surface area contributed by atoms with Crippen molar-refractivity contribution in [2.75, 3.05) is 5.32 Å². The zero-order valence-electron chi connectivity index (χ0n) is 16.5. The summed E-state index contributed by atoms with van der Waals surface area (Å²) in [5.74, 6) is -0.509. The van der Waals surface area contributed by atoms with E-state index in [9.17, 15) is 14.7 Å². The number of hydrogen-bond donors (Lipinski definition) is 2. The third kappa shape index (κ3) is 4.79. The minimum atomic E-state index is -1.14. The summed E-state index contributed by atoms with van der Waals surface area (Å²) >= 11 is 0. The molecule has 4 rings (SSSR count). The zero-order valence-corrected chi connectivity index (χ0v) is 16.5. The van der Waals surface area contributed by atoms with Crippen LogP contribution in [0.3, 0.4) is 0 Å². The van der Waals surface area contributed by atoms with Gasteiger partial charge in [-0.25, -0.2) is 4.79 Å². The second-order valence-electron chi connectivity index (χ2n) is 6.83. The third-order valence-electron chi connectivity index (χ3n) is 4.70. The molecule has 0 spiro atoms. The number of para-hydroxylation sites is 1. The molecule has 4 aromatic rings. The molecule has 0 aromatic heterocycles. The molecule has 0 unspecified atom stereocenters. The van der Waals surface area contributed by atoms with Crippen molar-refractivity contribution < 1.29 is 19.4 Å². The highest BCUT2D eigenvalue weighted by Gasteiger charge is 2.15. The monoisotopic (exact) mass is 409 g/mol. The standard InChI is InChI=1S/C26H19NO4/c28-25(20-13-11-19(12-14-20)18-7-3-1-4-8-18)27-24-17-22(15-16-23(24)26(29)30)31-21-9-5-2-6-10-21/h1-17H,(H,27,28)(H,29,30). The Hall–Kier alpha value is -4.38. The molecule has 2 N–H and O–H groups in total. The second-order valence-corrected chi connectivity index (χ2v) is 6.83. The van der Waals surface area contributed by atoms with Crippen molar-refractivity contribution in [1.29, 1.82) is 0 Å². The van der Waals surface area contributed by atoms with Gasteiger partial charge in [-0.3, -0.25) is 4.79 Å². The molecule has 0 aliphatic heterocycles. The van der Waals surface area contributed by atoms with Gasteiger partial charge in [-0.05, 0) is 47.5 Å². The van der Waals surface area contributed by atoms with Crippen LogP contribution in [0.5, 0.6) is 11.5 Å². The lowest BCUT2D eigenvalue weighted by atomic mass is 10.0. The fourth-order valence-electron chi connectivity index (χ4n) is 3.14. The van der Waals surface area contributed by atoms with Crippen LogP contribution in [0.25, 0.3) is 11.1 Å². The van der Waals surface area contributed by atoms with Crippen LogP contribution in [-0.2, 0) is 0 Å². The summed E-state index contributed by atoms with van der Waals surface area (Å²) in [5.41, 5.74) is 2.60. The lowest BCUT2D eigenvalue weighted by Crippen LogP contribution is -2.14. The largest absolute Gasteiger partial charge is 0.478 e. The predicted octanol–water partition coefficient (Wildman–Crippen LogP) is 6.10. The maximum atomic E-state index is 12.8. The fraction of sp³-hybridized carbons (Fsp3) is 0. The van der Waals surface area contributed by atoms with Crippen molar-refractivity contribution in [1.82, 2.24) is 0 Å². The smallest absolute Gasteiger partial charge is 0.337 e. The van der Waals surface area contributed by atoms with E-state index < -0.39 is 11.9 Å². The number of rotatable bonds is 6. The van der Waals surface area contributed by atoms with Crippen LogP contribution in [0.1, 0.15) is 20.7 Å². The number of anilines is 1. The molecule has 0 fully saturated rings. The summed E-state index contributed by atoms with van der Waals surface area (Å²) in [6.45, 7) is 0. The van der Waals surface area contributed by atoms with Crippen molar-refractivity contribution in [2.45, 2.75) is 0 Å². The molecule has 0 aliphatic rings. The first-order valence-electron chi connectivity index (χ1n) is 9.67. The Morgan fingerprint density at radius 3 is 1.94 bits per heavy atom.